The summed E-state index contributed by atoms with van der Waals surface area (Å²) in [6, 6.07) is 20.8. The van der Waals surface area contributed by atoms with Gasteiger partial charge in [-0.2, -0.15) is 6.08 Å². The second-order valence-electron chi connectivity index (χ2n) is 16.1. The molecule has 0 amide bonds. The molecule has 4 aromatic rings. The third kappa shape index (κ3) is 8.15. The predicted molar refractivity (Wildman–Crippen MR) is 204 cm³/mol. The number of fused-ring (bicyclic) bond motifs is 5. The minimum absolute atomic E-state index is 0. The standard InChI is InChI=1S/C25H25.C10H17Si.C9H10.2ClH.Zr/c1-14-12-24(3,4)22-8-16-7-17-9-23-19(15(2)13-25(23,5)6)11-21(17)20(16)10-18(14)22;1-8-6-9(2)10(7-8)11(3,4)5;1-3-9-6-4-8(2)5-7-9;;;/h7-13H,1-6H3;7-8H,1-5H3;4-7H,1-2H3;2*1H;/q2*-1;;;;+2/p-2. The largest absolute Gasteiger partial charge is 1.00 e. The Labute approximate surface area is 319 Å². The summed E-state index contributed by atoms with van der Waals surface area (Å²) < 4.78 is 1.46. The normalized spacial score (nSPS) is 18.1. The molecule has 48 heavy (non-hydrogen) atoms. The molecule has 0 radical (unpaired) electrons. The van der Waals surface area contributed by atoms with Crippen LogP contribution < -0.4 is 24.8 Å². The minimum atomic E-state index is -1.07. The van der Waals surface area contributed by atoms with Gasteiger partial charge in [-0.05, 0) is 44.2 Å². The number of hydrogen-bond donors (Lipinski definition) is 0. The number of allylic oxidation sites excluding steroid dienone is 8. The van der Waals surface area contributed by atoms with E-state index < -0.39 is 8.07 Å². The van der Waals surface area contributed by atoms with Gasteiger partial charge in [-0.3, -0.25) is 6.08 Å². The Hall–Kier alpha value is -1.96. The van der Waals surface area contributed by atoms with E-state index in [9.17, 15) is 0 Å². The minimum Gasteiger partial charge on any atom is -1.00 e. The molecule has 3 aliphatic rings. The quantitative estimate of drug-likeness (QED) is 0.164. The van der Waals surface area contributed by atoms with Crippen LogP contribution in [0.1, 0.15) is 95.7 Å². The molecule has 0 spiro atoms. The van der Waals surface area contributed by atoms with Gasteiger partial charge < -0.3 is 24.8 Å². The molecule has 4 aromatic carbocycles. The molecule has 0 heterocycles. The molecule has 3 aliphatic carbocycles. The Morgan fingerprint density at radius 1 is 0.750 bits per heavy atom. The van der Waals surface area contributed by atoms with Gasteiger partial charge in [-0.1, -0.05) is 103 Å². The van der Waals surface area contributed by atoms with Gasteiger partial charge >= 0.3 is 76.7 Å². The molecular formula is C44H52Cl2SiZr-2. The van der Waals surface area contributed by atoms with Crippen molar-refractivity contribution in [3.05, 3.63) is 123 Å². The van der Waals surface area contributed by atoms with Crippen molar-refractivity contribution < 1.29 is 49.0 Å². The zero-order valence-electron chi connectivity index (χ0n) is 31.3. The van der Waals surface area contributed by atoms with Crippen LogP contribution in [0.15, 0.2) is 83.6 Å². The average Bonchev–Trinajstić information content (AvgIpc) is 3.62. The van der Waals surface area contributed by atoms with Crippen molar-refractivity contribution in [2.75, 3.05) is 0 Å². The molecule has 0 fully saturated rings. The number of halogens is 2. The van der Waals surface area contributed by atoms with Crippen LogP contribution in [0, 0.1) is 18.9 Å². The van der Waals surface area contributed by atoms with Crippen molar-refractivity contribution in [3.63, 3.8) is 0 Å². The second-order valence-corrected chi connectivity index (χ2v) is 23.0. The van der Waals surface area contributed by atoms with Gasteiger partial charge in [0.15, 0.2) is 0 Å². The van der Waals surface area contributed by atoms with E-state index in [1.54, 1.807) is 5.20 Å². The van der Waals surface area contributed by atoms with E-state index in [1.165, 1.54) is 99.1 Å². The van der Waals surface area contributed by atoms with Crippen molar-refractivity contribution in [1.29, 1.82) is 0 Å². The average molecular weight is 771 g/mol. The SMILES string of the molecule is CC1=CC(C)(C)c2cc3[cH-]c4cc5c(cc4c3cc21)C(C)=CC5(C)C.CC1=[C-]C(C)C=C1[Si](C)(C)C.C[C](=[Zr+2])c1ccc(C)cc1.[Cl-].[Cl-]. The van der Waals surface area contributed by atoms with Gasteiger partial charge in [0.1, 0.15) is 0 Å². The first kappa shape index (κ1) is 40.5. The van der Waals surface area contributed by atoms with Crippen molar-refractivity contribution in [3.8, 4) is 0 Å². The van der Waals surface area contributed by atoms with Crippen molar-refractivity contribution >= 4 is 44.0 Å². The molecule has 1 unspecified atom stereocenters. The first-order valence-corrected chi connectivity index (χ1v) is 21.6. The molecule has 0 saturated heterocycles. The zero-order valence-corrected chi connectivity index (χ0v) is 36.2. The summed E-state index contributed by atoms with van der Waals surface area (Å²) in [5.74, 6) is 0.553. The fraction of sp³-hybridized carbons (Fsp3) is 0.364. The van der Waals surface area contributed by atoms with Gasteiger partial charge in [0.25, 0.3) is 0 Å². The monoisotopic (exact) mass is 768 g/mol. The van der Waals surface area contributed by atoms with E-state index >= 15 is 0 Å². The number of benzene rings is 3. The number of aryl methyl sites for hydroxylation is 1. The predicted octanol–water partition coefficient (Wildman–Crippen LogP) is 6.38. The molecule has 1 atom stereocenters. The van der Waals surface area contributed by atoms with E-state index in [1.807, 2.05) is 0 Å². The molecule has 4 heteroatoms. The molecule has 252 valence electrons. The summed E-state index contributed by atoms with van der Waals surface area (Å²) in [5, 5.41) is 7.17. The number of hydrogen-bond acceptors (Lipinski definition) is 0. The summed E-state index contributed by atoms with van der Waals surface area (Å²) >= 11 is 1.51. The van der Waals surface area contributed by atoms with E-state index in [0.717, 1.165) is 0 Å². The van der Waals surface area contributed by atoms with E-state index in [4.69, 9.17) is 0 Å². The summed E-state index contributed by atoms with van der Waals surface area (Å²) in [6.45, 7) is 29.6. The Balaban J connectivity index is 0.000000228. The second kappa shape index (κ2) is 14.7. The smallest absolute Gasteiger partial charge is 1.00 e. The van der Waals surface area contributed by atoms with Gasteiger partial charge in [0.2, 0.25) is 0 Å². The zero-order chi connectivity index (χ0) is 33.9. The maximum absolute atomic E-state index is 3.43. The van der Waals surface area contributed by atoms with Crippen molar-refractivity contribution in [2.24, 2.45) is 5.92 Å². The van der Waals surface area contributed by atoms with Crippen molar-refractivity contribution in [2.45, 2.75) is 99.7 Å². The Morgan fingerprint density at radius 3 is 1.52 bits per heavy atom. The van der Waals surface area contributed by atoms with Crippen LogP contribution in [0.4, 0.5) is 0 Å². The molecule has 0 bridgehead atoms. The Bertz CT molecular complexity index is 1900. The third-order valence-corrected chi connectivity index (χ3v) is 12.8. The molecule has 0 saturated carbocycles. The molecule has 7 rings (SSSR count). The molecule has 0 aromatic heterocycles. The van der Waals surface area contributed by atoms with E-state index in [2.05, 4.69) is 168 Å². The molecule has 0 N–H and O–H groups in total. The van der Waals surface area contributed by atoms with Crippen molar-refractivity contribution in [1.82, 2.24) is 0 Å². The molecule has 0 nitrogen and oxygen atoms in total. The van der Waals surface area contributed by atoms with Crippen LogP contribution in [-0.2, 0) is 35.1 Å². The van der Waals surface area contributed by atoms with E-state index in [0.29, 0.717) is 5.92 Å². The third-order valence-electron chi connectivity index (χ3n) is 9.93. The van der Waals surface area contributed by atoms with Crippen LogP contribution in [-0.4, -0.2) is 11.3 Å². The summed E-state index contributed by atoms with van der Waals surface area (Å²) in [6.07, 6.45) is 10.6. The van der Waals surface area contributed by atoms with Crippen LogP contribution in [0.2, 0.25) is 19.6 Å². The first-order valence-electron chi connectivity index (χ1n) is 16.9. The topological polar surface area (TPSA) is 0 Å². The fourth-order valence-electron chi connectivity index (χ4n) is 7.67. The van der Waals surface area contributed by atoms with Gasteiger partial charge in [-0.25, -0.2) is 10.8 Å². The van der Waals surface area contributed by atoms with Gasteiger partial charge in [0, 0.05) is 10.8 Å². The van der Waals surface area contributed by atoms with E-state index in [-0.39, 0.29) is 35.6 Å². The van der Waals surface area contributed by atoms with Gasteiger partial charge in [0.05, 0.1) is 0 Å². The summed E-state index contributed by atoms with van der Waals surface area (Å²) in [7, 11) is -1.07. The van der Waals surface area contributed by atoms with Crippen LogP contribution in [0.25, 0.3) is 32.7 Å². The molecular weight excluding hydrogens is 719 g/mol. The Kier molecular flexibility index (Phi) is 12.4. The first-order chi connectivity index (χ1) is 21.3. The Morgan fingerprint density at radius 2 is 1.19 bits per heavy atom. The van der Waals surface area contributed by atoms with Gasteiger partial charge in [-0.15, -0.1) is 39.7 Å². The maximum atomic E-state index is 3.43. The number of rotatable bonds is 2. The summed E-state index contributed by atoms with van der Waals surface area (Å²) in [5.41, 5.74) is 13.0. The van der Waals surface area contributed by atoms with Crippen LogP contribution >= 0.6 is 0 Å². The maximum Gasteiger partial charge on any atom is -1.00 e. The summed E-state index contributed by atoms with van der Waals surface area (Å²) in [4.78, 5) is 0. The molecule has 0 aliphatic heterocycles. The van der Waals surface area contributed by atoms with Crippen LogP contribution in [0.3, 0.4) is 0 Å². The fourth-order valence-corrected chi connectivity index (χ4v) is 10.0. The van der Waals surface area contributed by atoms with Crippen LogP contribution in [0.5, 0.6) is 0 Å².